The molecule has 4 nitrogen and oxygen atoms in total. The standard InChI is InChI=1S/C13H9BrFN3OS/c1-6-2-10(16)20-11(6)13-17-12(18-19-13)7-3-8(14)5-9(15)4-7/h2-5H,16H2,1H3. The maximum absolute atomic E-state index is 13.4. The van der Waals surface area contributed by atoms with Gasteiger partial charge in [0.1, 0.15) is 5.82 Å². The maximum Gasteiger partial charge on any atom is 0.268 e. The van der Waals surface area contributed by atoms with Gasteiger partial charge in [0, 0.05) is 10.0 Å². The number of rotatable bonds is 2. The van der Waals surface area contributed by atoms with Crippen LogP contribution < -0.4 is 5.73 Å². The highest BCUT2D eigenvalue weighted by Gasteiger charge is 2.15. The minimum Gasteiger partial charge on any atom is -0.391 e. The maximum atomic E-state index is 13.4. The molecular weight excluding hydrogens is 345 g/mol. The van der Waals surface area contributed by atoms with E-state index in [9.17, 15) is 4.39 Å². The van der Waals surface area contributed by atoms with Gasteiger partial charge in [-0.15, -0.1) is 11.3 Å². The van der Waals surface area contributed by atoms with Crippen molar-refractivity contribution in [1.29, 1.82) is 0 Å². The predicted octanol–water partition coefficient (Wildman–Crippen LogP) is 4.26. The first-order valence-electron chi connectivity index (χ1n) is 5.69. The number of nitrogens with two attached hydrogens (primary N) is 1. The lowest BCUT2D eigenvalue weighted by atomic mass is 10.2. The van der Waals surface area contributed by atoms with Crippen molar-refractivity contribution in [2.45, 2.75) is 6.92 Å². The Balaban J connectivity index is 2.04. The molecule has 2 N–H and O–H groups in total. The molecule has 0 radical (unpaired) electrons. The molecule has 20 heavy (non-hydrogen) atoms. The first-order chi connectivity index (χ1) is 9.52. The zero-order valence-corrected chi connectivity index (χ0v) is 12.8. The van der Waals surface area contributed by atoms with E-state index < -0.39 is 0 Å². The van der Waals surface area contributed by atoms with Crippen LogP contribution in [0.25, 0.3) is 22.2 Å². The van der Waals surface area contributed by atoms with Crippen LogP contribution in [0, 0.1) is 12.7 Å². The predicted molar refractivity (Wildman–Crippen MR) is 79.9 cm³/mol. The van der Waals surface area contributed by atoms with E-state index in [2.05, 4.69) is 26.1 Å². The van der Waals surface area contributed by atoms with E-state index in [4.69, 9.17) is 10.3 Å². The SMILES string of the molecule is Cc1cc(N)sc1-c1nc(-c2cc(F)cc(Br)c2)no1. The second kappa shape index (κ2) is 4.99. The Morgan fingerprint density at radius 2 is 2.10 bits per heavy atom. The number of nitrogens with zero attached hydrogens (tertiary/aromatic N) is 2. The molecule has 0 aliphatic heterocycles. The van der Waals surface area contributed by atoms with Gasteiger partial charge in [-0.1, -0.05) is 21.1 Å². The molecule has 0 saturated heterocycles. The third kappa shape index (κ3) is 2.46. The monoisotopic (exact) mass is 353 g/mol. The quantitative estimate of drug-likeness (QED) is 0.747. The average Bonchev–Trinajstić information content (AvgIpc) is 2.94. The molecule has 0 unspecified atom stereocenters. The fraction of sp³-hybridized carbons (Fsp3) is 0.0769. The van der Waals surface area contributed by atoms with Crippen molar-refractivity contribution >= 4 is 32.3 Å². The zero-order chi connectivity index (χ0) is 14.3. The van der Waals surface area contributed by atoms with E-state index in [1.807, 2.05) is 13.0 Å². The molecule has 0 saturated carbocycles. The molecule has 0 spiro atoms. The Hall–Kier alpha value is -1.73. The molecule has 0 amide bonds. The lowest BCUT2D eigenvalue weighted by Gasteiger charge is -1.96. The minimum atomic E-state index is -0.364. The van der Waals surface area contributed by atoms with Crippen LogP contribution in [-0.2, 0) is 0 Å². The Morgan fingerprint density at radius 1 is 1.30 bits per heavy atom. The summed E-state index contributed by atoms with van der Waals surface area (Å²) < 4.78 is 19.2. The van der Waals surface area contributed by atoms with Crippen LogP contribution in [-0.4, -0.2) is 10.1 Å². The average molecular weight is 354 g/mol. The van der Waals surface area contributed by atoms with Gasteiger partial charge in [0.2, 0.25) is 5.82 Å². The van der Waals surface area contributed by atoms with Crippen LogP contribution in [0.2, 0.25) is 0 Å². The summed E-state index contributed by atoms with van der Waals surface area (Å²) in [7, 11) is 0. The number of aromatic nitrogens is 2. The lowest BCUT2D eigenvalue weighted by molar-refractivity contribution is 0.433. The van der Waals surface area contributed by atoms with Crippen molar-refractivity contribution < 1.29 is 8.91 Å². The van der Waals surface area contributed by atoms with Crippen LogP contribution in [0.1, 0.15) is 5.56 Å². The topological polar surface area (TPSA) is 64.9 Å². The summed E-state index contributed by atoms with van der Waals surface area (Å²) in [5.74, 6) is 0.364. The Labute approximate surface area is 126 Å². The van der Waals surface area contributed by atoms with Crippen molar-refractivity contribution in [2.75, 3.05) is 5.73 Å². The second-order valence-corrected chi connectivity index (χ2v) is 6.24. The number of benzene rings is 1. The normalized spacial score (nSPS) is 10.9. The number of aryl methyl sites for hydroxylation is 1. The van der Waals surface area contributed by atoms with Crippen LogP contribution >= 0.6 is 27.3 Å². The largest absolute Gasteiger partial charge is 0.391 e. The lowest BCUT2D eigenvalue weighted by Crippen LogP contribution is -1.84. The third-order valence-corrected chi connectivity index (χ3v) is 4.19. The van der Waals surface area contributed by atoms with Crippen molar-refractivity contribution in [3.05, 3.63) is 40.1 Å². The fourth-order valence-corrected chi connectivity index (χ4v) is 3.16. The van der Waals surface area contributed by atoms with Gasteiger partial charge in [0.25, 0.3) is 5.89 Å². The molecule has 3 aromatic rings. The highest BCUT2D eigenvalue weighted by molar-refractivity contribution is 9.10. The van der Waals surface area contributed by atoms with Crippen molar-refractivity contribution in [3.63, 3.8) is 0 Å². The van der Waals surface area contributed by atoms with Crippen LogP contribution in [0.5, 0.6) is 0 Å². The summed E-state index contributed by atoms with van der Waals surface area (Å²) in [6.07, 6.45) is 0. The molecule has 3 rings (SSSR count). The summed E-state index contributed by atoms with van der Waals surface area (Å²) in [6.45, 7) is 1.92. The third-order valence-electron chi connectivity index (χ3n) is 2.68. The van der Waals surface area contributed by atoms with E-state index >= 15 is 0 Å². The summed E-state index contributed by atoms with van der Waals surface area (Å²) in [4.78, 5) is 5.13. The van der Waals surface area contributed by atoms with Gasteiger partial charge in [-0.25, -0.2) is 4.39 Å². The molecule has 0 aliphatic rings. The molecule has 0 bridgehead atoms. The number of nitrogen functional groups attached to an aromatic ring is 1. The van der Waals surface area contributed by atoms with Gasteiger partial charge in [0.05, 0.1) is 9.88 Å². The number of hydrogen-bond acceptors (Lipinski definition) is 5. The molecule has 0 fully saturated rings. The van der Waals surface area contributed by atoms with Gasteiger partial charge < -0.3 is 10.3 Å². The molecule has 102 valence electrons. The van der Waals surface area contributed by atoms with E-state index in [1.165, 1.54) is 23.5 Å². The van der Waals surface area contributed by atoms with E-state index in [-0.39, 0.29) is 5.82 Å². The van der Waals surface area contributed by atoms with Crippen molar-refractivity contribution in [1.82, 2.24) is 10.1 Å². The first-order valence-corrected chi connectivity index (χ1v) is 7.30. The Kier molecular flexibility index (Phi) is 3.31. The number of halogens is 2. The first kappa shape index (κ1) is 13.3. The summed E-state index contributed by atoms with van der Waals surface area (Å²) in [5, 5.41) is 4.57. The highest BCUT2D eigenvalue weighted by Crippen LogP contribution is 2.34. The minimum absolute atomic E-state index is 0.339. The molecular formula is C13H9BrFN3OS. The highest BCUT2D eigenvalue weighted by atomic mass is 79.9. The Bertz CT molecular complexity index is 764. The second-order valence-electron chi connectivity index (χ2n) is 4.24. The molecule has 0 aliphatic carbocycles. The van der Waals surface area contributed by atoms with Gasteiger partial charge in [0.15, 0.2) is 0 Å². The molecule has 7 heteroatoms. The van der Waals surface area contributed by atoms with Crippen LogP contribution in [0.15, 0.2) is 33.3 Å². The van der Waals surface area contributed by atoms with Crippen LogP contribution in [0.4, 0.5) is 9.39 Å². The fourth-order valence-electron chi connectivity index (χ4n) is 1.83. The van der Waals surface area contributed by atoms with Gasteiger partial charge in [-0.05, 0) is 36.8 Å². The molecule has 2 heterocycles. The Morgan fingerprint density at radius 3 is 2.75 bits per heavy atom. The van der Waals surface area contributed by atoms with E-state index in [0.717, 1.165) is 10.4 Å². The number of thiophene rings is 1. The number of hydrogen-bond donors (Lipinski definition) is 1. The van der Waals surface area contributed by atoms with Gasteiger partial charge in [-0.2, -0.15) is 4.98 Å². The summed E-state index contributed by atoms with van der Waals surface area (Å²) in [6, 6.07) is 6.31. The van der Waals surface area contributed by atoms with Crippen molar-refractivity contribution in [3.8, 4) is 22.2 Å². The molecule has 1 aromatic carbocycles. The van der Waals surface area contributed by atoms with E-state index in [1.54, 1.807) is 6.07 Å². The molecule has 2 aromatic heterocycles. The van der Waals surface area contributed by atoms with Gasteiger partial charge >= 0.3 is 0 Å². The summed E-state index contributed by atoms with van der Waals surface area (Å²) in [5.41, 5.74) is 7.27. The van der Waals surface area contributed by atoms with Gasteiger partial charge in [-0.3, -0.25) is 0 Å². The van der Waals surface area contributed by atoms with Crippen molar-refractivity contribution in [2.24, 2.45) is 0 Å². The number of anilines is 1. The van der Waals surface area contributed by atoms with Crippen LogP contribution in [0.3, 0.4) is 0 Å². The molecule has 0 atom stereocenters. The van der Waals surface area contributed by atoms with E-state index in [0.29, 0.717) is 26.8 Å². The summed E-state index contributed by atoms with van der Waals surface area (Å²) >= 11 is 4.62. The smallest absolute Gasteiger partial charge is 0.268 e. The zero-order valence-electron chi connectivity index (χ0n) is 10.4.